The van der Waals surface area contributed by atoms with Gasteiger partial charge in [0.05, 0.1) is 4.91 Å². The Morgan fingerprint density at radius 1 is 1.09 bits per heavy atom. The van der Waals surface area contributed by atoms with Crippen LogP contribution in [0.15, 0.2) is 59.5 Å². The lowest BCUT2D eigenvalue weighted by molar-refractivity contribution is -0.122. The van der Waals surface area contributed by atoms with Crippen LogP contribution in [0.25, 0.3) is 6.08 Å². The van der Waals surface area contributed by atoms with E-state index in [0.29, 0.717) is 21.3 Å². The molecule has 0 bridgehead atoms. The number of thiocarbonyl (C=S) groups is 1. The molecule has 116 valence electrons. The Bertz CT molecular complexity index is 774. The van der Waals surface area contributed by atoms with E-state index in [4.69, 9.17) is 12.2 Å². The zero-order valence-corrected chi connectivity index (χ0v) is 13.9. The van der Waals surface area contributed by atoms with Gasteiger partial charge in [0.1, 0.15) is 10.1 Å². The van der Waals surface area contributed by atoms with E-state index in [9.17, 15) is 9.18 Å². The van der Waals surface area contributed by atoms with Crippen molar-refractivity contribution in [3.05, 3.63) is 76.4 Å². The summed E-state index contributed by atoms with van der Waals surface area (Å²) < 4.78 is 14.2. The van der Waals surface area contributed by atoms with Gasteiger partial charge in [-0.3, -0.25) is 9.69 Å². The van der Waals surface area contributed by atoms with Gasteiger partial charge in [0.25, 0.3) is 5.91 Å². The van der Waals surface area contributed by atoms with Crippen LogP contribution in [0.1, 0.15) is 11.1 Å². The second kappa shape index (κ2) is 7.06. The van der Waals surface area contributed by atoms with Crippen LogP contribution in [0, 0.1) is 5.82 Å². The molecule has 0 saturated carbocycles. The monoisotopic (exact) mass is 343 g/mol. The molecule has 0 radical (unpaired) electrons. The maximum atomic E-state index is 13.7. The Morgan fingerprint density at radius 3 is 2.52 bits per heavy atom. The minimum absolute atomic E-state index is 0.154. The molecule has 3 rings (SSSR count). The summed E-state index contributed by atoms with van der Waals surface area (Å²) in [6, 6.07) is 16.3. The fraction of sp³-hybridized carbons (Fsp3) is 0.111. The van der Waals surface area contributed by atoms with Gasteiger partial charge < -0.3 is 0 Å². The lowest BCUT2D eigenvalue weighted by Gasteiger charge is -2.14. The Morgan fingerprint density at radius 2 is 1.78 bits per heavy atom. The second-order valence-electron chi connectivity index (χ2n) is 5.09. The summed E-state index contributed by atoms with van der Waals surface area (Å²) in [6.45, 7) is 0.531. The highest BCUT2D eigenvalue weighted by Crippen LogP contribution is 2.32. The number of amides is 1. The van der Waals surface area contributed by atoms with Crippen LogP contribution in [0.2, 0.25) is 0 Å². The largest absolute Gasteiger partial charge is 0.293 e. The predicted molar refractivity (Wildman–Crippen MR) is 96.4 cm³/mol. The molecule has 2 aromatic carbocycles. The van der Waals surface area contributed by atoms with Crippen LogP contribution in [-0.2, 0) is 11.2 Å². The van der Waals surface area contributed by atoms with Crippen molar-refractivity contribution in [2.75, 3.05) is 6.54 Å². The summed E-state index contributed by atoms with van der Waals surface area (Å²) in [5, 5.41) is 0. The quantitative estimate of drug-likeness (QED) is 0.611. The number of nitrogens with zero attached hydrogens (tertiary/aromatic N) is 1. The van der Waals surface area contributed by atoms with Crippen molar-refractivity contribution in [1.29, 1.82) is 0 Å². The third kappa shape index (κ3) is 3.68. The first kappa shape index (κ1) is 15.9. The van der Waals surface area contributed by atoms with Crippen LogP contribution in [-0.4, -0.2) is 21.7 Å². The summed E-state index contributed by atoms with van der Waals surface area (Å²) in [5.41, 5.74) is 1.55. The first-order valence-electron chi connectivity index (χ1n) is 7.19. The van der Waals surface area contributed by atoms with E-state index in [2.05, 4.69) is 0 Å². The summed E-state index contributed by atoms with van der Waals surface area (Å²) in [4.78, 5) is 14.5. The number of rotatable bonds is 4. The average Bonchev–Trinajstić information content (AvgIpc) is 2.82. The fourth-order valence-corrected chi connectivity index (χ4v) is 3.61. The van der Waals surface area contributed by atoms with Crippen molar-refractivity contribution >= 4 is 40.3 Å². The minimum Gasteiger partial charge on any atom is -0.293 e. The highest BCUT2D eigenvalue weighted by Gasteiger charge is 2.31. The average molecular weight is 343 g/mol. The molecule has 1 aliphatic rings. The van der Waals surface area contributed by atoms with E-state index in [-0.39, 0.29) is 11.7 Å². The number of carbonyl (C=O) groups excluding carboxylic acids is 1. The van der Waals surface area contributed by atoms with Crippen LogP contribution >= 0.6 is 24.0 Å². The van der Waals surface area contributed by atoms with E-state index in [0.717, 1.165) is 12.0 Å². The van der Waals surface area contributed by atoms with Gasteiger partial charge in [-0.15, -0.1) is 0 Å². The van der Waals surface area contributed by atoms with Crippen LogP contribution in [0.3, 0.4) is 0 Å². The highest BCUT2D eigenvalue weighted by molar-refractivity contribution is 8.26. The van der Waals surface area contributed by atoms with Crippen molar-refractivity contribution in [3.63, 3.8) is 0 Å². The molecule has 0 aromatic heterocycles. The maximum Gasteiger partial charge on any atom is 0.266 e. The van der Waals surface area contributed by atoms with E-state index in [1.165, 1.54) is 17.8 Å². The summed E-state index contributed by atoms with van der Waals surface area (Å²) in [6.07, 6.45) is 2.30. The molecule has 23 heavy (non-hydrogen) atoms. The third-order valence-electron chi connectivity index (χ3n) is 3.53. The van der Waals surface area contributed by atoms with Crippen LogP contribution in [0.4, 0.5) is 4.39 Å². The van der Waals surface area contributed by atoms with E-state index in [1.807, 2.05) is 30.3 Å². The molecule has 2 nitrogen and oxygen atoms in total. The zero-order valence-electron chi connectivity index (χ0n) is 12.2. The lowest BCUT2D eigenvalue weighted by Crippen LogP contribution is -2.30. The molecule has 0 atom stereocenters. The number of carbonyl (C=O) groups is 1. The van der Waals surface area contributed by atoms with Crippen molar-refractivity contribution < 1.29 is 9.18 Å². The van der Waals surface area contributed by atoms with Gasteiger partial charge in [-0.05, 0) is 24.1 Å². The molecule has 1 saturated heterocycles. The Labute approximate surface area is 144 Å². The number of hydrogen-bond acceptors (Lipinski definition) is 3. The standard InChI is InChI=1S/C18H14FNOS2/c19-15-9-5-4-8-14(15)12-16-17(21)20(18(22)23-16)11-10-13-6-2-1-3-7-13/h1-9,12H,10-11H2/b16-12+. The van der Waals surface area contributed by atoms with Gasteiger partial charge in [0, 0.05) is 12.1 Å². The first-order chi connectivity index (χ1) is 11.1. The fourth-order valence-electron chi connectivity index (χ4n) is 2.31. The van der Waals surface area contributed by atoms with Gasteiger partial charge in [0.2, 0.25) is 0 Å². The second-order valence-corrected chi connectivity index (χ2v) is 6.77. The van der Waals surface area contributed by atoms with Crippen molar-refractivity contribution in [1.82, 2.24) is 4.90 Å². The zero-order chi connectivity index (χ0) is 16.2. The number of hydrogen-bond donors (Lipinski definition) is 0. The normalized spacial score (nSPS) is 16.4. The summed E-state index contributed by atoms with van der Waals surface area (Å²) in [7, 11) is 0. The Hall–Kier alpha value is -1.98. The first-order valence-corrected chi connectivity index (χ1v) is 8.41. The number of benzene rings is 2. The van der Waals surface area contributed by atoms with Gasteiger partial charge in [-0.1, -0.05) is 72.5 Å². The van der Waals surface area contributed by atoms with E-state index >= 15 is 0 Å². The van der Waals surface area contributed by atoms with E-state index < -0.39 is 0 Å². The van der Waals surface area contributed by atoms with Crippen LogP contribution in [0.5, 0.6) is 0 Å². The molecule has 1 aliphatic heterocycles. The minimum atomic E-state index is -0.345. The lowest BCUT2D eigenvalue weighted by atomic mass is 10.1. The topological polar surface area (TPSA) is 20.3 Å². The number of halogens is 1. The molecule has 0 spiro atoms. The molecule has 1 heterocycles. The van der Waals surface area contributed by atoms with Crippen molar-refractivity contribution in [2.45, 2.75) is 6.42 Å². The van der Waals surface area contributed by atoms with Gasteiger partial charge in [-0.2, -0.15) is 0 Å². The van der Waals surface area contributed by atoms with Gasteiger partial charge in [-0.25, -0.2) is 4.39 Å². The molecular weight excluding hydrogens is 329 g/mol. The van der Waals surface area contributed by atoms with Gasteiger partial charge >= 0.3 is 0 Å². The van der Waals surface area contributed by atoms with Crippen LogP contribution < -0.4 is 0 Å². The molecule has 1 fully saturated rings. The summed E-state index contributed by atoms with van der Waals surface area (Å²) >= 11 is 6.52. The molecule has 0 aliphatic carbocycles. The molecule has 5 heteroatoms. The third-order valence-corrected chi connectivity index (χ3v) is 4.91. The predicted octanol–water partition coefficient (Wildman–Crippen LogP) is 4.27. The molecule has 0 unspecified atom stereocenters. The number of thioether (sulfide) groups is 1. The molecular formula is C18H14FNOS2. The molecule has 0 N–H and O–H groups in total. The van der Waals surface area contributed by atoms with Gasteiger partial charge in [0.15, 0.2) is 0 Å². The molecule has 2 aromatic rings. The maximum absolute atomic E-state index is 13.7. The van der Waals surface area contributed by atoms with Crippen molar-refractivity contribution in [2.24, 2.45) is 0 Å². The highest BCUT2D eigenvalue weighted by atomic mass is 32.2. The summed E-state index contributed by atoms with van der Waals surface area (Å²) in [5.74, 6) is -0.499. The Kier molecular flexibility index (Phi) is 4.88. The smallest absolute Gasteiger partial charge is 0.266 e. The van der Waals surface area contributed by atoms with Crippen molar-refractivity contribution in [3.8, 4) is 0 Å². The molecule has 1 amide bonds. The SMILES string of the molecule is O=C1/C(=C\c2ccccc2F)SC(=S)N1CCc1ccccc1. The van der Waals surface area contributed by atoms with E-state index in [1.54, 1.807) is 29.2 Å². The Balaban J connectivity index is 1.74.